The van der Waals surface area contributed by atoms with Crippen LogP contribution < -0.4 is 11.5 Å². The molecule has 19 heavy (non-hydrogen) atoms. The van der Waals surface area contributed by atoms with Gasteiger partial charge in [0.2, 0.25) is 0 Å². The standard InChI is InChI=1S/C13H25IN2O3/c1-8(17)7-19-12(18)9(2)11(5-6-14)13(4,16)10(3)15/h8,10,17H,5-7,15-16H2,1-4H3. The van der Waals surface area contributed by atoms with Crippen LogP contribution in [0.5, 0.6) is 0 Å². The van der Waals surface area contributed by atoms with E-state index in [0.29, 0.717) is 12.0 Å². The number of aliphatic hydroxyl groups excluding tert-OH is 1. The summed E-state index contributed by atoms with van der Waals surface area (Å²) in [6, 6.07) is -0.273. The van der Waals surface area contributed by atoms with Gasteiger partial charge in [-0.05, 0) is 39.7 Å². The van der Waals surface area contributed by atoms with Crippen LogP contribution in [0.2, 0.25) is 0 Å². The Labute approximate surface area is 128 Å². The van der Waals surface area contributed by atoms with E-state index in [9.17, 15) is 4.79 Å². The van der Waals surface area contributed by atoms with Crippen molar-refractivity contribution in [1.82, 2.24) is 0 Å². The summed E-state index contributed by atoms with van der Waals surface area (Å²) in [5, 5.41) is 9.13. The zero-order chi connectivity index (χ0) is 15.2. The molecule has 5 nitrogen and oxygen atoms in total. The molecule has 0 aliphatic rings. The van der Waals surface area contributed by atoms with Crippen LogP contribution >= 0.6 is 22.6 Å². The van der Waals surface area contributed by atoms with Gasteiger partial charge in [0.15, 0.2) is 0 Å². The van der Waals surface area contributed by atoms with E-state index in [4.69, 9.17) is 21.3 Å². The lowest BCUT2D eigenvalue weighted by atomic mass is 9.82. The number of carbonyl (C=O) groups is 1. The van der Waals surface area contributed by atoms with Crippen molar-refractivity contribution in [3.05, 3.63) is 11.1 Å². The summed E-state index contributed by atoms with van der Waals surface area (Å²) in [6.07, 6.45) is 0.00696. The van der Waals surface area contributed by atoms with E-state index < -0.39 is 17.6 Å². The molecule has 3 unspecified atom stereocenters. The molecule has 0 heterocycles. The molecule has 6 heteroatoms. The zero-order valence-corrected chi connectivity index (χ0v) is 14.2. The lowest BCUT2D eigenvalue weighted by Gasteiger charge is -2.33. The first-order valence-corrected chi connectivity index (χ1v) is 7.83. The van der Waals surface area contributed by atoms with Gasteiger partial charge in [-0.2, -0.15) is 0 Å². The van der Waals surface area contributed by atoms with Crippen LogP contribution in [-0.4, -0.2) is 39.8 Å². The van der Waals surface area contributed by atoms with E-state index in [1.54, 1.807) is 13.8 Å². The first kappa shape index (κ1) is 18.8. The SMILES string of the molecule is CC(C(=O)OCC(C)O)=C(CCI)C(C)(N)C(C)N. The van der Waals surface area contributed by atoms with Gasteiger partial charge in [0.05, 0.1) is 6.10 Å². The second-order valence-electron chi connectivity index (χ2n) is 5.06. The number of nitrogens with two attached hydrogens (primary N) is 2. The fraction of sp³-hybridized carbons (Fsp3) is 0.769. The maximum atomic E-state index is 11.9. The predicted molar refractivity (Wildman–Crippen MR) is 85.1 cm³/mol. The third-order valence-corrected chi connectivity index (χ3v) is 3.69. The Hall–Kier alpha value is -0.180. The predicted octanol–water partition coefficient (Wildman–Crippen LogP) is 1.12. The van der Waals surface area contributed by atoms with Crippen molar-refractivity contribution in [3.63, 3.8) is 0 Å². The van der Waals surface area contributed by atoms with Gasteiger partial charge in [-0.15, -0.1) is 0 Å². The van der Waals surface area contributed by atoms with Crippen molar-refractivity contribution in [2.75, 3.05) is 11.0 Å². The summed E-state index contributed by atoms with van der Waals surface area (Å²) < 4.78 is 5.86. The van der Waals surface area contributed by atoms with E-state index in [1.807, 2.05) is 13.8 Å². The summed E-state index contributed by atoms with van der Waals surface area (Å²) in [6.45, 7) is 6.88. The highest BCUT2D eigenvalue weighted by Crippen LogP contribution is 2.25. The molecule has 0 aromatic rings. The normalized spacial score (nSPS) is 19.2. The number of carbonyl (C=O) groups excluding carboxylic acids is 1. The minimum Gasteiger partial charge on any atom is -0.460 e. The third kappa shape index (κ3) is 5.76. The molecule has 0 radical (unpaired) electrons. The van der Waals surface area contributed by atoms with Gasteiger partial charge in [-0.1, -0.05) is 22.6 Å². The summed E-state index contributed by atoms with van der Waals surface area (Å²) in [5.41, 5.74) is 12.7. The summed E-state index contributed by atoms with van der Waals surface area (Å²) in [4.78, 5) is 11.9. The number of ether oxygens (including phenoxy) is 1. The maximum Gasteiger partial charge on any atom is 0.333 e. The van der Waals surface area contributed by atoms with Crippen LogP contribution in [0.3, 0.4) is 0 Å². The molecule has 5 N–H and O–H groups in total. The van der Waals surface area contributed by atoms with Crippen molar-refractivity contribution < 1.29 is 14.6 Å². The number of rotatable bonds is 7. The minimum atomic E-state index is -0.751. The van der Waals surface area contributed by atoms with E-state index in [-0.39, 0.29) is 12.6 Å². The topological polar surface area (TPSA) is 98.6 Å². The molecule has 112 valence electrons. The van der Waals surface area contributed by atoms with Crippen LogP contribution in [0.1, 0.15) is 34.1 Å². The Morgan fingerprint density at radius 3 is 2.37 bits per heavy atom. The van der Waals surface area contributed by atoms with E-state index >= 15 is 0 Å². The number of esters is 1. The Morgan fingerprint density at radius 1 is 1.47 bits per heavy atom. The number of hydrogen-bond acceptors (Lipinski definition) is 5. The summed E-state index contributed by atoms with van der Waals surface area (Å²) in [5.74, 6) is -0.446. The van der Waals surface area contributed by atoms with Crippen LogP contribution in [-0.2, 0) is 9.53 Å². The quantitative estimate of drug-likeness (QED) is 0.264. The van der Waals surface area contributed by atoms with Crippen molar-refractivity contribution in [2.45, 2.75) is 51.8 Å². The van der Waals surface area contributed by atoms with Gasteiger partial charge in [0, 0.05) is 21.6 Å². The molecule has 0 rings (SSSR count). The van der Waals surface area contributed by atoms with Gasteiger partial charge in [-0.3, -0.25) is 0 Å². The molecule has 0 spiro atoms. The fourth-order valence-corrected chi connectivity index (χ4v) is 2.20. The lowest BCUT2D eigenvalue weighted by Crippen LogP contribution is -2.53. The number of halogens is 1. The second-order valence-corrected chi connectivity index (χ2v) is 6.14. The van der Waals surface area contributed by atoms with Crippen molar-refractivity contribution in [2.24, 2.45) is 11.5 Å². The molecule has 0 saturated carbocycles. The highest BCUT2D eigenvalue weighted by Gasteiger charge is 2.31. The van der Waals surface area contributed by atoms with Gasteiger partial charge in [-0.25, -0.2) is 4.79 Å². The molecule has 0 aliphatic heterocycles. The highest BCUT2D eigenvalue weighted by molar-refractivity contribution is 14.1. The Kier molecular flexibility index (Phi) is 8.11. The average Bonchev–Trinajstić information content (AvgIpc) is 2.31. The van der Waals surface area contributed by atoms with Crippen LogP contribution in [0, 0.1) is 0 Å². The summed E-state index contributed by atoms with van der Waals surface area (Å²) in [7, 11) is 0. The van der Waals surface area contributed by atoms with E-state index in [1.165, 1.54) is 0 Å². The lowest BCUT2D eigenvalue weighted by molar-refractivity contribution is -0.141. The van der Waals surface area contributed by atoms with Crippen LogP contribution in [0.25, 0.3) is 0 Å². The molecule has 0 amide bonds. The summed E-state index contributed by atoms with van der Waals surface area (Å²) >= 11 is 2.23. The molecule has 0 saturated heterocycles. The third-order valence-electron chi connectivity index (χ3n) is 3.16. The number of aliphatic hydroxyl groups is 1. The van der Waals surface area contributed by atoms with Gasteiger partial charge < -0.3 is 21.3 Å². The Bertz CT molecular complexity index is 339. The minimum absolute atomic E-state index is 0.0207. The van der Waals surface area contributed by atoms with Crippen LogP contribution in [0.15, 0.2) is 11.1 Å². The van der Waals surface area contributed by atoms with Crippen molar-refractivity contribution >= 4 is 28.6 Å². The average molecular weight is 384 g/mol. The zero-order valence-electron chi connectivity index (χ0n) is 12.1. The smallest absolute Gasteiger partial charge is 0.333 e. The van der Waals surface area contributed by atoms with Crippen molar-refractivity contribution in [1.29, 1.82) is 0 Å². The maximum absolute atomic E-state index is 11.9. The van der Waals surface area contributed by atoms with Crippen molar-refractivity contribution in [3.8, 4) is 0 Å². The molecule has 0 bridgehead atoms. The Balaban J connectivity index is 5.21. The molecule has 0 aromatic carbocycles. The van der Waals surface area contributed by atoms with E-state index in [0.717, 1.165) is 10.0 Å². The van der Waals surface area contributed by atoms with E-state index in [2.05, 4.69) is 22.6 Å². The molecule has 0 fully saturated rings. The molecule has 3 atom stereocenters. The monoisotopic (exact) mass is 384 g/mol. The largest absolute Gasteiger partial charge is 0.460 e. The van der Waals surface area contributed by atoms with Gasteiger partial charge >= 0.3 is 5.97 Å². The van der Waals surface area contributed by atoms with Gasteiger partial charge in [0.25, 0.3) is 0 Å². The molecular formula is C13H25IN2O3. The first-order chi connectivity index (χ1) is 8.64. The molecule has 0 aromatic heterocycles. The number of alkyl halides is 1. The fourth-order valence-electron chi connectivity index (χ4n) is 1.66. The van der Waals surface area contributed by atoms with Crippen LogP contribution in [0.4, 0.5) is 0 Å². The van der Waals surface area contributed by atoms with Gasteiger partial charge in [0.1, 0.15) is 6.61 Å². The number of hydrogen-bond donors (Lipinski definition) is 3. The molecule has 0 aliphatic carbocycles. The molecular weight excluding hydrogens is 359 g/mol. The second kappa shape index (κ2) is 8.18. The Morgan fingerprint density at radius 2 is 2.00 bits per heavy atom. The highest BCUT2D eigenvalue weighted by atomic mass is 127. The first-order valence-electron chi connectivity index (χ1n) is 6.30.